The molecule has 2 N–H and O–H groups in total. The van der Waals surface area contributed by atoms with E-state index in [1.54, 1.807) is 0 Å². The second-order valence-electron chi connectivity index (χ2n) is 5.88. The number of benzene rings is 2. The average molecular weight is 284 g/mol. The van der Waals surface area contributed by atoms with E-state index in [0.29, 0.717) is 6.54 Å². The Bertz CT molecular complexity index is 578. The van der Waals surface area contributed by atoms with E-state index < -0.39 is 6.10 Å². The predicted octanol–water partition coefficient (Wildman–Crippen LogP) is 2.56. The van der Waals surface area contributed by atoms with Gasteiger partial charge in [-0.3, -0.25) is 0 Å². The molecule has 3 heteroatoms. The van der Waals surface area contributed by atoms with Crippen LogP contribution in [0.1, 0.15) is 24.5 Å². The summed E-state index contributed by atoms with van der Waals surface area (Å²) in [6.07, 6.45) is 2.23. The first kappa shape index (κ1) is 14.5. The molecule has 1 saturated heterocycles. The number of hydrogen-bond acceptors (Lipinski definition) is 3. The lowest BCUT2D eigenvalue weighted by Crippen LogP contribution is -2.32. The summed E-state index contributed by atoms with van der Waals surface area (Å²) in [4.78, 5) is 2.48. The van der Waals surface area contributed by atoms with E-state index in [2.05, 4.69) is 34.5 Å². The Morgan fingerprint density at radius 2 is 1.81 bits per heavy atom. The summed E-state index contributed by atoms with van der Waals surface area (Å²) in [5.41, 5.74) is 0.988. The van der Waals surface area contributed by atoms with Crippen LogP contribution in [0.2, 0.25) is 0 Å². The number of hydrogen-bond donors (Lipinski definition) is 2. The van der Waals surface area contributed by atoms with Gasteiger partial charge in [0.05, 0.1) is 6.10 Å². The summed E-state index contributed by atoms with van der Waals surface area (Å²) in [6.45, 7) is 5.12. The van der Waals surface area contributed by atoms with Crippen molar-refractivity contribution in [2.75, 3.05) is 32.7 Å². The van der Waals surface area contributed by atoms with Gasteiger partial charge in [-0.05, 0) is 48.3 Å². The van der Waals surface area contributed by atoms with Gasteiger partial charge in [-0.2, -0.15) is 0 Å². The van der Waals surface area contributed by atoms with Crippen LogP contribution in [0.3, 0.4) is 0 Å². The summed E-state index contributed by atoms with van der Waals surface area (Å²) < 4.78 is 0. The zero-order chi connectivity index (χ0) is 14.5. The van der Waals surface area contributed by atoms with Crippen molar-refractivity contribution < 1.29 is 5.11 Å². The van der Waals surface area contributed by atoms with Crippen LogP contribution in [0.5, 0.6) is 0 Å². The van der Waals surface area contributed by atoms with Gasteiger partial charge in [-0.25, -0.2) is 0 Å². The highest BCUT2D eigenvalue weighted by atomic mass is 16.3. The summed E-state index contributed by atoms with van der Waals surface area (Å²) >= 11 is 0. The average Bonchev–Trinajstić information content (AvgIpc) is 3.04. The Balaban J connectivity index is 1.50. The van der Waals surface area contributed by atoms with Crippen LogP contribution in [0.15, 0.2) is 42.5 Å². The van der Waals surface area contributed by atoms with Gasteiger partial charge in [0.2, 0.25) is 0 Å². The van der Waals surface area contributed by atoms with Gasteiger partial charge in [0.15, 0.2) is 0 Å². The Labute approximate surface area is 126 Å². The number of likely N-dealkylation sites (tertiary alicyclic amines) is 1. The Morgan fingerprint density at radius 1 is 1.05 bits per heavy atom. The van der Waals surface area contributed by atoms with Crippen molar-refractivity contribution in [2.45, 2.75) is 18.9 Å². The third-order valence-corrected chi connectivity index (χ3v) is 4.30. The van der Waals surface area contributed by atoms with Crippen molar-refractivity contribution in [2.24, 2.45) is 0 Å². The van der Waals surface area contributed by atoms with Crippen LogP contribution in [0.25, 0.3) is 10.8 Å². The lowest BCUT2D eigenvalue weighted by Gasteiger charge is -2.17. The Kier molecular flexibility index (Phi) is 4.86. The molecule has 0 bridgehead atoms. The molecule has 1 fully saturated rings. The fourth-order valence-corrected chi connectivity index (χ4v) is 3.02. The quantitative estimate of drug-likeness (QED) is 0.800. The zero-order valence-electron chi connectivity index (χ0n) is 12.5. The molecule has 3 nitrogen and oxygen atoms in total. The van der Waals surface area contributed by atoms with Crippen molar-refractivity contribution in [3.8, 4) is 0 Å². The van der Waals surface area contributed by atoms with E-state index >= 15 is 0 Å². The maximum absolute atomic E-state index is 10.3. The molecular formula is C18H24N2O. The number of fused-ring (bicyclic) bond motifs is 1. The van der Waals surface area contributed by atoms with Gasteiger partial charge >= 0.3 is 0 Å². The van der Waals surface area contributed by atoms with E-state index in [-0.39, 0.29) is 0 Å². The van der Waals surface area contributed by atoms with E-state index in [9.17, 15) is 5.11 Å². The summed E-state index contributed by atoms with van der Waals surface area (Å²) in [5.74, 6) is 0. The standard InChI is InChI=1S/C18H24N2O/c21-18(14-19-9-12-20-10-3-4-11-20)17-8-7-15-5-1-2-6-16(15)13-17/h1-2,5-8,13,18-19,21H,3-4,9-12,14H2. The molecule has 0 spiro atoms. The van der Waals surface area contributed by atoms with Gasteiger partial charge < -0.3 is 15.3 Å². The smallest absolute Gasteiger partial charge is 0.0914 e. The predicted molar refractivity (Wildman–Crippen MR) is 87.5 cm³/mol. The van der Waals surface area contributed by atoms with E-state index in [1.165, 1.54) is 36.7 Å². The molecule has 3 rings (SSSR count). The molecular weight excluding hydrogens is 260 g/mol. The molecule has 0 saturated carbocycles. The first-order valence-corrected chi connectivity index (χ1v) is 7.93. The second kappa shape index (κ2) is 7.03. The van der Waals surface area contributed by atoms with E-state index in [0.717, 1.165) is 18.7 Å². The Hall–Kier alpha value is -1.42. The van der Waals surface area contributed by atoms with Crippen LogP contribution >= 0.6 is 0 Å². The normalized spacial score (nSPS) is 17.4. The van der Waals surface area contributed by atoms with Gasteiger partial charge in [0, 0.05) is 19.6 Å². The van der Waals surface area contributed by atoms with E-state index in [4.69, 9.17) is 0 Å². The third-order valence-electron chi connectivity index (χ3n) is 4.30. The summed E-state index contributed by atoms with van der Waals surface area (Å²) in [7, 11) is 0. The van der Waals surface area contributed by atoms with Crippen LogP contribution in [-0.2, 0) is 0 Å². The highest BCUT2D eigenvalue weighted by Gasteiger charge is 2.11. The van der Waals surface area contributed by atoms with E-state index in [1.807, 2.05) is 18.2 Å². The van der Waals surface area contributed by atoms with Crippen LogP contribution in [0.4, 0.5) is 0 Å². The van der Waals surface area contributed by atoms with Crippen molar-refractivity contribution in [3.05, 3.63) is 48.0 Å². The van der Waals surface area contributed by atoms with Crippen molar-refractivity contribution in [1.82, 2.24) is 10.2 Å². The monoisotopic (exact) mass is 284 g/mol. The molecule has 112 valence electrons. The fourth-order valence-electron chi connectivity index (χ4n) is 3.02. The van der Waals surface area contributed by atoms with Gasteiger partial charge in [0.1, 0.15) is 0 Å². The van der Waals surface area contributed by atoms with Gasteiger partial charge in [-0.1, -0.05) is 36.4 Å². The SMILES string of the molecule is OC(CNCCN1CCCC1)c1ccc2ccccc2c1. The van der Waals surface area contributed by atoms with Gasteiger partial charge in [-0.15, -0.1) is 0 Å². The molecule has 0 amide bonds. The minimum absolute atomic E-state index is 0.437. The molecule has 2 aromatic carbocycles. The van der Waals surface area contributed by atoms with Crippen LogP contribution < -0.4 is 5.32 Å². The number of nitrogens with zero attached hydrogens (tertiary/aromatic N) is 1. The number of rotatable bonds is 6. The first-order chi connectivity index (χ1) is 10.3. The minimum atomic E-state index is -0.437. The largest absolute Gasteiger partial charge is 0.387 e. The lowest BCUT2D eigenvalue weighted by molar-refractivity contribution is 0.173. The highest BCUT2D eigenvalue weighted by Crippen LogP contribution is 2.20. The van der Waals surface area contributed by atoms with Crippen molar-refractivity contribution in [3.63, 3.8) is 0 Å². The fraction of sp³-hybridized carbons (Fsp3) is 0.444. The third kappa shape index (κ3) is 3.82. The molecule has 0 radical (unpaired) electrons. The highest BCUT2D eigenvalue weighted by molar-refractivity contribution is 5.83. The van der Waals surface area contributed by atoms with Crippen LogP contribution in [-0.4, -0.2) is 42.7 Å². The summed E-state index contributed by atoms with van der Waals surface area (Å²) in [6, 6.07) is 14.5. The van der Waals surface area contributed by atoms with Crippen molar-refractivity contribution >= 4 is 10.8 Å². The molecule has 1 atom stereocenters. The second-order valence-corrected chi connectivity index (χ2v) is 5.88. The maximum atomic E-state index is 10.3. The zero-order valence-corrected chi connectivity index (χ0v) is 12.5. The molecule has 1 aliphatic heterocycles. The summed E-state index contributed by atoms with van der Waals surface area (Å²) in [5, 5.41) is 16.1. The number of aliphatic hydroxyl groups excluding tert-OH is 1. The van der Waals surface area contributed by atoms with Crippen LogP contribution in [0, 0.1) is 0 Å². The molecule has 0 aromatic heterocycles. The molecule has 1 heterocycles. The van der Waals surface area contributed by atoms with Gasteiger partial charge in [0.25, 0.3) is 0 Å². The van der Waals surface area contributed by atoms with Crippen molar-refractivity contribution in [1.29, 1.82) is 0 Å². The maximum Gasteiger partial charge on any atom is 0.0914 e. The topological polar surface area (TPSA) is 35.5 Å². The molecule has 1 aliphatic rings. The Morgan fingerprint density at radius 3 is 2.62 bits per heavy atom. The lowest BCUT2D eigenvalue weighted by atomic mass is 10.0. The number of nitrogens with one attached hydrogen (secondary N) is 1. The molecule has 2 aromatic rings. The number of aliphatic hydroxyl groups is 1. The molecule has 0 aliphatic carbocycles. The minimum Gasteiger partial charge on any atom is -0.387 e. The molecule has 21 heavy (non-hydrogen) atoms. The molecule has 1 unspecified atom stereocenters. The first-order valence-electron chi connectivity index (χ1n) is 7.93.